The molecule has 1 rings (SSSR count). The van der Waals surface area contributed by atoms with E-state index in [1.165, 1.54) is 6.42 Å². The maximum absolute atomic E-state index is 12.1. The fourth-order valence-electron chi connectivity index (χ4n) is 2.56. The first kappa shape index (κ1) is 17.2. The van der Waals surface area contributed by atoms with Gasteiger partial charge >= 0.3 is 6.09 Å². The van der Waals surface area contributed by atoms with Gasteiger partial charge in [0, 0.05) is 13.1 Å². The maximum atomic E-state index is 12.1. The molecule has 1 saturated heterocycles. The van der Waals surface area contributed by atoms with E-state index in [9.17, 15) is 4.79 Å². The van der Waals surface area contributed by atoms with Gasteiger partial charge in [0.1, 0.15) is 5.60 Å². The van der Waals surface area contributed by atoms with E-state index >= 15 is 0 Å². The third kappa shape index (κ3) is 6.57. The van der Waals surface area contributed by atoms with Gasteiger partial charge in [0.15, 0.2) is 0 Å². The van der Waals surface area contributed by atoms with E-state index in [1.807, 2.05) is 25.7 Å². The molecule has 0 spiro atoms. The lowest BCUT2D eigenvalue weighted by molar-refractivity contribution is 0.0155. The third-order valence-corrected chi connectivity index (χ3v) is 3.62. The molecule has 1 heterocycles. The zero-order valence-electron chi connectivity index (χ0n) is 13.4. The summed E-state index contributed by atoms with van der Waals surface area (Å²) in [6.45, 7) is 10.1. The van der Waals surface area contributed by atoms with Crippen LogP contribution in [-0.4, -0.2) is 36.3 Å². The predicted molar refractivity (Wildman–Crippen MR) is 79.1 cm³/mol. The van der Waals surface area contributed by atoms with Crippen LogP contribution in [0.1, 0.15) is 53.4 Å². The Labute approximate surface area is 122 Å². The molecule has 2 N–H and O–H groups in total. The van der Waals surface area contributed by atoms with Crippen molar-refractivity contribution in [3.05, 3.63) is 0 Å². The summed E-state index contributed by atoms with van der Waals surface area (Å²) in [6, 6.07) is 0. The van der Waals surface area contributed by atoms with Gasteiger partial charge in [0.05, 0.1) is 6.61 Å². The van der Waals surface area contributed by atoms with Crippen LogP contribution >= 0.6 is 0 Å². The van der Waals surface area contributed by atoms with E-state index in [-0.39, 0.29) is 6.09 Å². The standard InChI is InChI=1S/C15H30N2O3/c1-12(11-19-16)7-8-13-6-5-9-17(10-13)14(18)20-15(2,3)4/h12-13H,5-11,16H2,1-4H3. The Bertz CT molecular complexity index is 302. The van der Waals surface area contributed by atoms with Crippen LogP contribution in [0.4, 0.5) is 4.79 Å². The molecular weight excluding hydrogens is 256 g/mol. The molecule has 5 heteroatoms. The highest BCUT2D eigenvalue weighted by atomic mass is 16.6. The van der Waals surface area contributed by atoms with Gasteiger partial charge in [0.2, 0.25) is 0 Å². The highest BCUT2D eigenvalue weighted by Gasteiger charge is 2.27. The minimum Gasteiger partial charge on any atom is -0.444 e. The van der Waals surface area contributed by atoms with Crippen molar-refractivity contribution in [2.75, 3.05) is 19.7 Å². The highest BCUT2D eigenvalue weighted by molar-refractivity contribution is 5.68. The van der Waals surface area contributed by atoms with Crippen molar-refractivity contribution in [1.82, 2.24) is 4.90 Å². The zero-order chi connectivity index (χ0) is 15.2. The quantitative estimate of drug-likeness (QED) is 0.789. The van der Waals surface area contributed by atoms with Crippen molar-refractivity contribution >= 4 is 6.09 Å². The van der Waals surface area contributed by atoms with Crippen LogP contribution in [0.5, 0.6) is 0 Å². The number of piperidine rings is 1. The fraction of sp³-hybridized carbons (Fsp3) is 0.933. The fourth-order valence-corrected chi connectivity index (χ4v) is 2.56. The van der Waals surface area contributed by atoms with Crippen molar-refractivity contribution in [3.8, 4) is 0 Å². The molecule has 0 aromatic carbocycles. The van der Waals surface area contributed by atoms with Gasteiger partial charge in [-0.1, -0.05) is 6.92 Å². The number of hydrogen-bond donors (Lipinski definition) is 1. The molecule has 118 valence electrons. The summed E-state index contributed by atoms with van der Waals surface area (Å²) in [7, 11) is 0. The van der Waals surface area contributed by atoms with Crippen molar-refractivity contribution < 1.29 is 14.4 Å². The Morgan fingerprint density at radius 2 is 2.15 bits per heavy atom. The molecule has 1 fully saturated rings. The van der Waals surface area contributed by atoms with Gasteiger partial charge in [-0.15, -0.1) is 0 Å². The topological polar surface area (TPSA) is 64.8 Å². The number of nitrogens with two attached hydrogens (primary N) is 1. The second-order valence-electron chi connectivity index (χ2n) is 6.95. The number of amides is 1. The molecule has 0 saturated carbocycles. The molecule has 0 aromatic heterocycles. The van der Waals surface area contributed by atoms with Gasteiger partial charge < -0.3 is 14.5 Å². The van der Waals surface area contributed by atoms with Gasteiger partial charge in [-0.25, -0.2) is 10.7 Å². The summed E-state index contributed by atoms with van der Waals surface area (Å²) < 4.78 is 5.44. The lowest BCUT2D eigenvalue weighted by Gasteiger charge is -2.34. The number of hydrogen-bond acceptors (Lipinski definition) is 4. The number of carbonyl (C=O) groups excluding carboxylic acids is 1. The van der Waals surface area contributed by atoms with E-state index < -0.39 is 5.60 Å². The summed E-state index contributed by atoms with van der Waals surface area (Å²) in [5.74, 6) is 6.12. The van der Waals surface area contributed by atoms with E-state index in [2.05, 4.69) is 11.8 Å². The second kappa shape index (κ2) is 7.84. The lowest BCUT2D eigenvalue weighted by Crippen LogP contribution is -2.42. The van der Waals surface area contributed by atoms with Crippen LogP contribution in [0.3, 0.4) is 0 Å². The maximum Gasteiger partial charge on any atom is 0.410 e. The molecule has 0 aromatic rings. The first-order valence-corrected chi connectivity index (χ1v) is 7.61. The summed E-state index contributed by atoms with van der Waals surface area (Å²) in [4.78, 5) is 18.6. The lowest BCUT2D eigenvalue weighted by atomic mass is 9.90. The second-order valence-corrected chi connectivity index (χ2v) is 6.95. The van der Waals surface area contributed by atoms with Crippen LogP contribution in [0.15, 0.2) is 0 Å². The van der Waals surface area contributed by atoms with Crippen LogP contribution in [-0.2, 0) is 9.57 Å². The summed E-state index contributed by atoms with van der Waals surface area (Å²) in [5.41, 5.74) is -0.420. The highest BCUT2D eigenvalue weighted by Crippen LogP contribution is 2.24. The molecule has 0 radical (unpaired) electrons. The largest absolute Gasteiger partial charge is 0.444 e. The van der Waals surface area contributed by atoms with Crippen LogP contribution in [0.2, 0.25) is 0 Å². The van der Waals surface area contributed by atoms with Gasteiger partial charge in [-0.2, -0.15) is 0 Å². The minimum atomic E-state index is -0.420. The predicted octanol–water partition coefficient (Wildman–Crippen LogP) is 2.94. The van der Waals surface area contributed by atoms with Crippen LogP contribution in [0.25, 0.3) is 0 Å². The van der Waals surface area contributed by atoms with Crippen molar-refractivity contribution in [2.45, 2.75) is 59.0 Å². The average molecular weight is 286 g/mol. The van der Waals surface area contributed by atoms with Crippen LogP contribution in [0, 0.1) is 11.8 Å². The van der Waals surface area contributed by atoms with Gasteiger partial charge in [0.25, 0.3) is 0 Å². The first-order chi connectivity index (χ1) is 9.31. The minimum absolute atomic E-state index is 0.180. The number of nitrogens with zero attached hydrogens (tertiary/aromatic N) is 1. The number of carbonyl (C=O) groups is 1. The van der Waals surface area contributed by atoms with E-state index in [0.717, 1.165) is 32.4 Å². The van der Waals surface area contributed by atoms with Crippen molar-refractivity contribution in [1.29, 1.82) is 0 Å². The number of ether oxygens (including phenoxy) is 1. The Kier molecular flexibility index (Phi) is 6.76. The summed E-state index contributed by atoms with van der Waals surface area (Å²) in [6.07, 6.45) is 4.27. The SMILES string of the molecule is CC(CCC1CCCN(C(=O)OC(C)(C)C)C1)CON. The molecule has 2 unspecified atom stereocenters. The number of likely N-dealkylation sites (tertiary alicyclic amines) is 1. The summed E-state index contributed by atoms with van der Waals surface area (Å²) >= 11 is 0. The van der Waals surface area contributed by atoms with E-state index in [0.29, 0.717) is 18.4 Å². The van der Waals surface area contributed by atoms with Crippen LogP contribution < -0.4 is 5.90 Å². The first-order valence-electron chi connectivity index (χ1n) is 7.61. The molecule has 2 atom stereocenters. The molecule has 5 nitrogen and oxygen atoms in total. The number of rotatable bonds is 5. The smallest absolute Gasteiger partial charge is 0.410 e. The van der Waals surface area contributed by atoms with Gasteiger partial charge in [-0.3, -0.25) is 0 Å². The zero-order valence-corrected chi connectivity index (χ0v) is 13.4. The normalized spacial score (nSPS) is 21.6. The van der Waals surface area contributed by atoms with E-state index in [1.54, 1.807) is 0 Å². The Hall–Kier alpha value is -0.810. The molecule has 20 heavy (non-hydrogen) atoms. The van der Waals surface area contributed by atoms with Crippen molar-refractivity contribution in [2.24, 2.45) is 17.7 Å². The third-order valence-electron chi connectivity index (χ3n) is 3.62. The monoisotopic (exact) mass is 286 g/mol. The Morgan fingerprint density at radius 1 is 1.45 bits per heavy atom. The summed E-state index contributed by atoms with van der Waals surface area (Å²) in [5, 5.41) is 0. The average Bonchev–Trinajstić information content (AvgIpc) is 2.35. The van der Waals surface area contributed by atoms with Crippen molar-refractivity contribution in [3.63, 3.8) is 0 Å². The Morgan fingerprint density at radius 3 is 2.75 bits per heavy atom. The molecule has 1 amide bonds. The molecule has 0 aliphatic carbocycles. The Balaban J connectivity index is 2.36. The van der Waals surface area contributed by atoms with Gasteiger partial charge in [-0.05, 0) is 58.3 Å². The molecular formula is C15H30N2O3. The molecule has 1 aliphatic rings. The molecule has 0 bridgehead atoms. The molecule has 1 aliphatic heterocycles. The van der Waals surface area contributed by atoms with E-state index in [4.69, 9.17) is 10.6 Å².